The second-order valence-corrected chi connectivity index (χ2v) is 4.57. The quantitative estimate of drug-likeness (QED) is 0.877. The third-order valence-corrected chi connectivity index (χ3v) is 3.00. The number of nitrogens with zero attached hydrogens (tertiary/aromatic N) is 2. The highest BCUT2D eigenvalue weighted by molar-refractivity contribution is 5.34. The average Bonchev–Trinajstić information content (AvgIpc) is 2.74. The standard InChI is InChI=1S/C14H19N3O/c1-11-12(6-8-18-11)10-17(2)7-5-14-4-3-13(15)9-16-14/h3-4,6,8-9H,5,7,10,15H2,1-2H3. The maximum Gasteiger partial charge on any atom is 0.105 e. The minimum Gasteiger partial charge on any atom is -0.469 e. The Balaban J connectivity index is 1.83. The van der Waals surface area contributed by atoms with Gasteiger partial charge < -0.3 is 15.1 Å². The highest BCUT2D eigenvalue weighted by atomic mass is 16.3. The van der Waals surface area contributed by atoms with Crippen molar-refractivity contribution in [1.29, 1.82) is 0 Å². The van der Waals surface area contributed by atoms with Gasteiger partial charge in [-0.05, 0) is 32.2 Å². The van der Waals surface area contributed by atoms with Crippen molar-refractivity contribution in [2.45, 2.75) is 19.9 Å². The zero-order chi connectivity index (χ0) is 13.0. The maximum absolute atomic E-state index is 5.61. The molecule has 0 aromatic carbocycles. The minimum absolute atomic E-state index is 0.709. The first-order chi connectivity index (χ1) is 8.65. The third-order valence-electron chi connectivity index (χ3n) is 3.00. The maximum atomic E-state index is 5.61. The summed E-state index contributed by atoms with van der Waals surface area (Å²) in [6, 6.07) is 5.89. The molecular weight excluding hydrogens is 226 g/mol. The van der Waals surface area contributed by atoms with E-state index in [0.717, 1.165) is 31.0 Å². The molecule has 0 aliphatic rings. The summed E-state index contributed by atoms with van der Waals surface area (Å²) in [7, 11) is 2.10. The Labute approximate surface area is 107 Å². The highest BCUT2D eigenvalue weighted by Gasteiger charge is 2.05. The van der Waals surface area contributed by atoms with Crippen molar-refractivity contribution < 1.29 is 4.42 Å². The van der Waals surface area contributed by atoms with Crippen molar-refractivity contribution in [3.8, 4) is 0 Å². The van der Waals surface area contributed by atoms with Crippen LogP contribution in [0.25, 0.3) is 0 Å². The fourth-order valence-corrected chi connectivity index (χ4v) is 1.83. The lowest BCUT2D eigenvalue weighted by Gasteiger charge is -2.15. The Morgan fingerprint density at radius 2 is 2.17 bits per heavy atom. The van der Waals surface area contributed by atoms with E-state index in [1.807, 2.05) is 25.1 Å². The number of rotatable bonds is 5. The summed E-state index contributed by atoms with van der Waals surface area (Å²) in [6.45, 7) is 3.85. The van der Waals surface area contributed by atoms with Crippen LogP contribution in [-0.4, -0.2) is 23.5 Å². The van der Waals surface area contributed by atoms with Crippen LogP contribution < -0.4 is 5.73 Å². The number of aromatic nitrogens is 1. The largest absolute Gasteiger partial charge is 0.469 e. The van der Waals surface area contributed by atoms with E-state index in [2.05, 4.69) is 16.9 Å². The van der Waals surface area contributed by atoms with E-state index >= 15 is 0 Å². The van der Waals surface area contributed by atoms with Gasteiger partial charge in [0.2, 0.25) is 0 Å². The van der Waals surface area contributed by atoms with E-state index < -0.39 is 0 Å². The van der Waals surface area contributed by atoms with E-state index in [0.29, 0.717) is 5.69 Å². The van der Waals surface area contributed by atoms with Gasteiger partial charge in [0.05, 0.1) is 18.1 Å². The van der Waals surface area contributed by atoms with Crippen molar-refractivity contribution in [1.82, 2.24) is 9.88 Å². The number of hydrogen-bond acceptors (Lipinski definition) is 4. The lowest BCUT2D eigenvalue weighted by atomic mass is 10.2. The molecule has 4 heteroatoms. The second kappa shape index (κ2) is 5.69. The zero-order valence-corrected chi connectivity index (χ0v) is 10.9. The molecule has 18 heavy (non-hydrogen) atoms. The topological polar surface area (TPSA) is 55.3 Å². The molecule has 0 saturated heterocycles. The van der Waals surface area contributed by atoms with Gasteiger partial charge >= 0.3 is 0 Å². The molecule has 2 aromatic rings. The van der Waals surface area contributed by atoms with Gasteiger partial charge in [-0.1, -0.05) is 0 Å². The number of anilines is 1. The summed E-state index contributed by atoms with van der Waals surface area (Å²) in [5.74, 6) is 0.993. The van der Waals surface area contributed by atoms with Crippen molar-refractivity contribution in [2.24, 2.45) is 0 Å². The molecule has 0 spiro atoms. The number of nitrogens with two attached hydrogens (primary N) is 1. The van der Waals surface area contributed by atoms with E-state index in [1.54, 1.807) is 12.5 Å². The molecule has 0 fully saturated rings. The Bertz CT molecular complexity index is 490. The molecule has 2 rings (SSSR count). The predicted molar refractivity (Wildman–Crippen MR) is 72.1 cm³/mol. The molecule has 0 aliphatic heterocycles. The van der Waals surface area contributed by atoms with E-state index in [1.165, 1.54) is 5.56 Å². The second-order valence-electron chi connectivity index (χ2n) is 4.57. The molecule has 0 saturated carbocycles. The van der Waals surface area contributed by atoms with Crippen molar-refractivity contribution >= 4 is 5.69 Å². The molecule has 0 aliphatic carbocycles. The van der Waals surface area contributed by atoms with Gasteiger partial charge in [0.1, 0.15) is 5.76 Å². The van der Waals surface area contributed by atoms with Crippen LogP contribution in [0.5, 0.6) is 0 Å². The van der Waals surface area contributed by atoms with Gasteiger partial charge in [0.25, 0.3) is 0 Å². The van der Waals surface area contributed by atoms with Gasteiger partial charge in [-0.25, -0.2) is 0 Å². The van der Waals surface area contributed by atoms with Crippen molar-refractivity contribution in [2.75, 3.05) is 19.3 Å². The van der Waals surface area contributed by atoms with Crippen molar-refractivity contribution in [3.63, 3.8) is 0 Å². The number of likely N-dealkylation sites (N-methyl/N-ethyl adjacent to an activating group) is 1. The zero-order valence-electron chi connectivity index (χ0n) is 10.9. The van der Waals surface area contributed by atoms with Crippen LogP contribution >= 0.6 is 0 Å². The van der Waals surface area contributed by atoms with Crippen LogP contribution in [0.15, 0.2) is 35.1 Å². The number of furan rings is 1. The van der Waals surface area contributed by atoms with Crippen LogP contribution in [-0.2, 0) is 13.0 Å². The van der Waals surface area contributed by atoms with E-state index in [4.69, 9.17) is 10.2 Å². The Kier molecular flexibility index (Phi) is 3.99. The summed E-state index contributed by atoms with van der Waals surface area (Å²) in [5, 5.41) is 0. The van der Waals surface area contributed by atoms with E-state index in [9.17, 15) is 0 Å². The molecule has 2 N–H and O–H groups in total. The van der Waals surface area contributed by atoms with Gasteiger partial charge in [-0.2, -0.15) is 0 Å². The molecule has 0 bridgehead atoms. The molecule has 0 unspecified atom stereocenters. The molecule has 0 radical (unpaired) electrons. The molecule has 2 heterocycles. The summed E-state index contributed by atoms with van der Waals surface area (Å²) < 4.78 is 5.29. The van der Waals surface area contributed by atoms with Gasteiger partial charge in [0, 0.05) is 30.8 Å². The lowest BCUT2D eigenvalue weighted by molar-refractivity contribution is 0.327. The average molecular weight is 245 g/mol. The van der Waals surface area contributed by atoms with Crippen LogP contribution in [0.3, 0.4) is 0 Å². The first-order valence-corrected chi connectivity index (χ1v) is 6.07. The van der Waals surface area contributed by atoms with Gasteiger partial charge in [-0.3, -0.25) is 4.98 Å². The molecule has 96 valence electrons. The summed E-state index contributed by atoms with van der Waals surface area (Å²) in [4.78, 5) is 6.55. The van der Waals surface area contributed by atoms with Crippen LogP contribution in [0.4, 0.5) is 5.69 Å². The molecular formula is C14H19N3O. The van der Waals surface area contributed by atoms with Crippen LogP contribution in [0, 0.1) is 6.92 Å². The number of hydrogen-bond donors (Lipinski definition) is 1. The Morgan fingerprint density at radius 3 is 2.78 bits per heavy atom. The molecule has 2 aromatic heterocycles. The van der Waals surface area contributed by atoms with Crippen LogP contribution in [0.2, 0.25) is 0 Å². The fourth-order valence-electron chi connectivity index (χ4n) is 1.83. The number of aryl methyl sites for hydroxylation is 1. The number of pyridine rings is 1. The van der Waals surface area contributed by atoms with E-state index in [-0.39, 0.29) is 0 Å². The molecule has 0 atom stereocenters. The normalized spacial score (nSPS) is 11.1. The lowest BCUT2D eigenvalue weighted by Crippen LogP contribution is -2.21. The summed E-state index contributed by atoms with van der Waals surface area (Å²) >= 11 is 0. The minimum atomic E-state index is 0.709. The fraction of sp³-hybridized carbons (Fsp3) is 0.357. The SMILES string of the molecule is Cc1occc1CN(C)CCc1ccc(N)cn1. The third kappa shape index (κ3) is 3.34. The van der Waals surface area contributed by atoms with Gasteiger partial charge in [-0.15, -0.1) is 0 Å². The Morgan fingerprint density at radius 1 is 1.33 bits per heavy atom. The smallest absolute Gasteiger partial charge is 0.105 e. The first kappa shape index (κ1) is 12.6. The van der Waals surface area contributed by atoms with Crippen LogP contribution in [0.1, 0.15) is 17.0 Å². The summed E-state index contributed by atoms with van der Waals surface area (Å²) in [6.07, 6.45) is 4.36. The molecule has 0 amide bonds. The monoisotopic (exact) mass is 245 g/mol. The number of nitrogen functional groups attached to an aromatic ring is 1. The highest BCUT2D eigenvalue weighted by Crippen LogP contribution is 2.11. The first-order valence-electron chi connectivity index (χ1n) is 6.07. The molecule has 4 nitrogen and oxygen atoms in total. The predicted octanol–water partition coefficient (Wildman–Crippen LogP) is 2.24. The van der Waals surface area contributed by atoms with Crippen molar-refractivity contribution in [3.05, 3.63) is 47.7 Å². The Hall–Kier alpha value is -1.81. The van der Waals surface area contributed by atoms with Gasteiger partial charge in [0.15, 0.2) is 0 Å². The summed E-state index contributed by atoms with van der Waals surface area (Å²) in [5.41, 5.74) is 8.62.